The molecule has 0 saturated carbocycles. The van der Waals surface area contributed by atoms with Gasteiger partial charge in [0, 0.05) is 33.9 Å². The molecule has 1 unspecified atom stereocenters. The van der Waals surface area contributed by atoms with Crippen LogP contribution in [0.2, 0.25) is 0 Å². The predicted octanol–water partition coefficient (Wildman–Crippen LogP) is 3.58. The van der Waals surface area contributed by atoms with Gasteiger partial charge in [-0.1, -0.05) is 13.8 Å². The zero-order valence-electron chi connectivity index (χ0n) is 10.3. The van der Waals surface area contributed by atoms with E-state index in [1.807, 2.05) is 11.3 Å². The molecule has 1 rings (SSSR count). The lowest BCUT2D eigenvalue weighted by atomic mass is 10.1. The van der Waals surface area contributed by atoms with Gasteiger partial charge in [-0.15, -0.1) is 11.3 Å². The van der Waals surface area contributed by atoms with E-state index in [0.717, 1.165) is 13.2 Å². The van der Waals surface area contributed by atoms with Crippen molar-refractivity contribution in [3.05, 3.63) is 20.3 Å². The Balaban J connectivity index is 2.48. The van der Waals surface area contributed by atoms with Gasteiger partial charge >= 0.3 is 0 Å². The van der Waals surface area contributed by atoms with E-state index in [2.05, 4.69) is 48.1 Å². The van der Waals surface area contributed by atoms with Crippen LogP contribution in [0.1, 0.15) is 23.6 Å². The number of hydrogen-bond donors (Lipinski definition) is 1. The molecule has 0 amide bonds. The van der Waals surface area contributed by atoms with Crippen LogP contribution >= 0.6 is 27.3 Å². The lowest BCUT2D eigenvalue weighted by Crippen LogP contribution is -2.37. The van der Waals surface area contributed by atoms with Crippen LogP contribution in [0, 0.1) is 12.8 Å². The monoisotopic (exact) mass is 305 g/mol. The quantitative estimate of drug-likeness (QED) is 0.867. The minimum Gasteiger partial charge on any atom is -0.383 e. The zero-order chi connectivity index (χ0) is 12.1. The molecule has 0 aliphatic carbocycles. The van der Waals surface area contributed by atoms with E-state index in [-0.39, 0.29) is 0 Å². The molecule has 1 atom stereocenters. The van der Waals surface area contributed by atoms with Crippen LogP contribution in [-0.4, -0.2) is 19.8 Å². The second-order valence-corrected chi connectivity index (χ2v) is 6.50. The van der Waals surface area contributed by atoms with E-state index < -0.39 is 0 Å². The molecule has 0 saturated heterocycles. The van der Waals surface area contributed by atoms with E-state index in [1.165, 1.54) is 14.2 Å². The highest BCUT2D eigenvalue weighted by atomic mass is 79.9. The molecule has 0 spiro atoms. The summed E-state index contributed by atoms with van der Waals surface area (Å²) in [5.41, 5.74) is 0. The van der Waals surface area contributed by atoms with Gasteiger partial charge in [-0.25, -0.2) is 0 Å². The molecule has 0 aromatic carbocycles. The van der Waals surface area contributed by atoms with E-state index >= 15 is 0 Å². The van der Waals surface area contributed by atoms with Gasteiger partial charge in [0.2, 0.25) is 0 Å². The van der Waals surface area contributed by atoms with Gasteiger partial charge in [0.05, 0.1) is 6.61 Å². The van der Waals surface area contributed by atoms with Gasteiger partial charge in [-0.2, -0.15) is 0 Å². The van der Waals surface area contributed by atoms with Crippen LogP contribution in [0.5, 0.6) is 0 Å². The topological polar surface area (TPSA) is 21.3 Å². The summed E-state index contributed by atoms with van der Waals surface area (Å²) in [6.07, 6.45) is 0. The Bertz CT molecular complexity index is 305. The Kier molecular flexibility index (Phi) is 5.97. The summed E-state index contributed by atoms with van der Waals surface area (Å²) in [6, 6.07) is 2.61. The first-order valence-electron chi connectivity index (χ1n) is 5.51. The standard InChI is InChI=1S/C12H20BrNOS/c1-8(2)12(7-15-4)14-6-10-5-11(13)9(3)16-10/h5,8,12,14H,6-7H2,1-4H3. The second kappa shape index (κ2) is 6.74. The molecule has 92 valence electrons. The Morgan fingerprint density at radius 1 is 1.50 bits per heavy atom. The summed E-state index contributed by atoms with van der Waals surface area (Å²) in [4.78, 5) is 2.70. The lowest BCUT2D eigenvalue weighted by molar-refractivity contribution is 0.146. The normalized spacial score (nSPS) is 13.4. The van der Waals surface area contributed by atoms with Gasteiger partial charge in [-0.3, -0.25) is 0 Å². The zero-order valence-corrected chi connectivity index (χ0v) is 12.7. The number of hydrogen-bond acceptors (Lipinski definition) is 3. The summed E-state index contributed by atoms with van der Waals surface area (Å²) >= 11 is 5.38. The van der Waals surface area contributed by atoms with Crippen LogP contribution in [0.25, 0.3) is 0 Å². The number of aryl methyl sites for hydroxylation is 1. The fourth-order valence-electron chi connectivity index (χ4n) is 1.50. The Morgan fingerprint density at radius 3 is 2.62 bits per heavy atom. The first kappa shape index (κ1) is 14.2. The van der Waals surface area contributed by atoms with Crippen molar-refractivity contribution in [2.45, 2.75) is 33.4 Å². The Morgan fingerprint density at radius 2 is 2.19 bits per heavy atom. The number of methoxy groups -OCH3 is 1. The van der Waals surface area contributed by atoms with Crippen LogP contribution in [0.4, 0.5) is 0 Å². The third-order valence-electron chi connectivity index (χ3n) is 2.60. The van der Waals surface area contributed by atoms with Crippen LogP contribution < -0.4 is 5.32 Å². The van der Waals surface area contributed by atoms with Crippen molar-refractivity contribution in [2.75, 3.05) is 13.7 Å². The number of rotatable bonds is 6. The fraction of sp³-hybridized carbons (Fsp3) is 0.667. The average Bonchev–Trinajstić information content (AvgIpc) is 2.53. The van der Waals surface area contributed by atoms with Gasteiger partial charge < -0.3 is 10.1 Å². The number of ether oxygens (including phenoxy) is 1. The maximum absolute atomic E-state index is 5.21. The summed E-state index contributed by atoms with van der Waals surface area (Å²) in [7, 11) is 1.75. The van der Waals surface area contributed by atoms with Crippen molar-refractivity contribution in [2.24, 2.45) is 5.92 Å². The van der Waals surface area contributed by atoms with Gasteiger partial charge in [0.25, 0.3) is 0 Å². The summed E-state index contributed by atoms with van der Waals surface area (Å²) < 4.78 is 6.42. The Labute approximate surface area is 111 Å². The average molecular weight is 306 g/mol. The van der Waals surface area contributed by atoms with Crippen molar-refractivity contribution in [1.29, 1.82) is 0 Å². The molecule has 16 heavy (non-hydrogen) atoms. The highest BCUT2D eigenvalue weighted by Crippen LogP contribution is 2.26. The van der Waals surface area contributed by atoms with E-state index in [1.54, 1.807) is 7.11 Å². The lowest BCUT2D eigenvalue weighted by Gasteiger charge is -2.21. The van der Waals surface area contributed by atoms with Crippen molar-refractivity contribution in [3.63, 3.8) is 0 Å². The molecule has 0 fully saturated rings. The molecule has 1 heterocycles. The highest BCUT2D eigenvalue weighted by Gasteiger charge is 2.13. The van der Waals surface area contributed by atoms with E-state index in [4.69, 9.17) is 4.74 Å². The Hall–Kier alpha value is 0.1000. The summed E-state index contributed by atoms with van der Waals surface area (Å²) in [5.74, 6) is 0.587. The minimum atomic E-state index is 0.422. The molecule has 1 aromatic heterocycles. The summed E-state index contributed by atoms with van der Waals surface area (Å²) in [5, 5.41) is 3.54. The smallest absolute Gasteiger partial charge is 0.0618 e. The molecular formula is C12H20BrNOS. The fourth-order valence-corrected chi connectivity index (χ4v) is 3.06. The largest absolute Gasteiger partial charge is 0.383 e. The maximum Gasteiger partial charge on any atom is 0.0618 e. The SMILES string of the molecule is COCC(NCc1cc(Br)c(C)s1)C(C)C. The molecule has 4 heteroatoms. The van der Waals surface area contributed by atoms with Crippen molar-refractivity contribution in [1.82, 2.24) is 5.32 Å². The minimum absolute atomic E-state index is 0.422. The first-order valence-corrected chi connectivity index (χ1v) is 7.12. The molecule has 2 nitrogen and oxygen atoms in total. The first-order chi connectivity index (χ1) is 7.54. The van der Waals surface area contributed by atoms with Crippen molar-refractivity contribution < 1.29 is 4.74 Å². The predicted molar refractivity (Wildman–Crippen MR) is 74.1 cm³/mol. The molecular weight excluding hydrogens is 286 g/mol. The van der Waals surface area contributed by atoms with Crippen molar-refractivity contribution >= 4 is 27.3 Å². The van der Waals surface area contributed by atoms with Crippen molar-refractivity contribution in [3.8, 4) is 0 Å². The highest BCUT2D eigenvalue weighted by molar-refractivity contribution is 9.10. The van der Waals surface area contributed by atoms with E-state index in [0.29, 0.717) is 12.0 Å². The third-order valence-corrected chi connectivity index (χ3v) is 4.73. The molecule has 0 aliphatic heterocycles. The number of nitrogens with one attached hydrogen (secondary N) is 1. The molecule has 1 N–H and O–H groups in total. The summed E-state index contributed by atoms with van der Waals surface area (Å²) in [6.45, 7) is 8.25. The molecule has 1 aromatic rings. The number of halogens is 1. The number of thiophene rings is 1. The van der Waals surface area contributed by atoms with Gasteiger partial charge in [0.1, 0.15) is 0 Å². The van der Waals surface area contributed by atoms with Crippen LogP contribution in [0.3, 0.4) is 0 Å². The van der Waals surface area contributed by atoms with Gasteiger partial charge in [-0.05, 0) is 34.8 Å². The third kappa shape index (κ3) is 4.17. The second-order valence-electron chi connectivity index (χ2n) is 4.30. The molecule has 0 aliphatic rings. The molecule has 0 radical (unpaired) electrons. The van der Waals surface area contributed by atoms with Gasteiger partial charge in [0.15, 0.2) is 0 Å². The maximum atomic E-state index is 5.21. The van der Waals surface area contributed by atoms with E-state index in [9.17, 15) is 0 Å². The van der Waals surface area contributed by atoms with Crippen LogP contribution in [-0.2, 0) is 11.3 Å². The molecule has 0 bridgehead atoms. The van der Waals surface area contributed by atoms with Crippen LogP contribution in [0.15, 0.2) is 10.5 Å².